The molecule has 3 rings (SSSR count). The third kappa shape index (κ3) is 5.40. The zero-order chi connectivity index (χ0) is 25.2. The standard InChI is InChI=1S/C24H24FN3O6/c1-24(2,3)34-23(30)27(5)19-13-15(14-26(4)22(19)29)21-18(28(31)32)7-6-8-20(21)33-17-11-9-16(25)10-12-17/h6-14H,1-5H3. The Morgan fingerprint density at radius 2 is 1.79 bits per heavy atom. The topological polar surface area (TPSA) is 104 Å². The highest BCUT2D eigenvalue weighted by Crippen LogP contribution is 2.40. The van der Waals surface area contributed by atoms with Gasteiger partial charge in [-0.1, -0.05) is 6.07 Å². The summed E-state index contributed by atoms with van der Waals surface area (Å²) in [7, 11) is 2.84. The highest BCUT2D eigenvalue weighted by Gasteiger charge is 2.26. The second-order valence-electron chi connectivity index (χ2n) is 8.53. The van der Waals surface area contributed by atoms with Gasteiger partial charge in [-0.05, 0) is 57.2 Å². The number of rotatable bonds is 5. The molecule has 1 amide bonds. The maximum Gasteiger partial charge on any atom is 0.414 e. The lowest BCUT2D eigenvalue weighted by atomic mass is 10.0. The number of aromatic nitrogens is 1. The summed E-state index contributed by atoms with van der Waals surface area (Å²) in [6.45, 7) is 5.08. The smallest absolute Gasteiger partial charge is 0.414 e. The van der Waals surface area contributed by atoms with Crippen LogP contribution in [-0.2, 0) is 11.8 Å². The SMILES string of the molecule is CN(C(=O)OC(C)(C)C)c1cc(-c2c(Oc3ccc(F)cc3)cccc2[N+](=O)[O-])cn(C)c1=O. The lowest BCUT2D eigenvalue weighted by molar-refractivity contribution is -0.384. The summed E-state index contributed by atoms with van der Waals surface area (Å²) in [6.07, 6.45) is 0.654. The van der Waals surface area contributed by atoms with Crippen LogP contribution in [0.1, 0.15) is 20.8 Å². The van der Waals surface area contributed by atoms with Crippen LogP contribution in [0.25, 0.3) is 11.1 Å². The molecule has 178 valence electrons. The molecule has 3 aromatic rings. The molecular weight excluding hydrogens is 445 g/mol. The van der Waals surface area contributed by atoms with E-state index in [2.05, 4.69) is 0 Å². The molecule has 1 heterocycles. The molecule has 0 saturated carbocycles. The Bertz CT molecular complexity index is 1300. The molecule has 0 aliphatic rings. The van der Waals surface area contributed by atoms with E-state index in [4.69, 9.17) is 9.47 Å². The molecule has 0 saturated heterocycles. The number of aryl methyl sites for hydroxylation is 1. The monoisotopic (exact) mass is 469 g/mol. The van der Waals surface area contributed by atoms with E-state index in [0.717, 1.165) is 4.90 Å². The number of benzene rings is 2. The highest BCUT2D eigenvalue weighted by molar-refractivity contribution is 5.89. The van der Waals surface area contributed by atoms with Crippen molar-refractivity contribution in [2.24, 2.45) is 7.05 Å². The number of ether oxygens (including phenoxy) is 2. The van der Waals surface area contributed by atoms with Crippen LogP contribution in [-0.4, -0.2) is 28.2 Å². The average molecular weight is 469 g/mol. The number of nitrogens with zero attached hydrogens (tertiary/aromatic N) is 3. The molecule has 0 spiro atoms. The Kier molecular flexibility index (Phi) is 6.71. The van der Waals surface area contributed by atoms with E-state index in [0.29, 0.717) is 0 Å². The summed E-state index contributed by atoms with van der Waals surface area (Å²) < 4.78 is 25.7. The lowest BCUT2D eigenvalue weighted by Gasteiger charge is -2.25. The number of amides is 1. The fraction of sp³-hybridized carbons (Fsp3) is 0.250. The van der Waals surface area contributed by atoms with Crippen molar-refractivity contribution in [3.63, 3.8) is 0 Å². The molecule has 1 aromatic heterocycles. The third-order valence-electron chi connectivity index (χ3n) is 4.72. The number of anilines is 1. The number of nitro groups is 1. The van der Waals surface area contributed by atoms with Crippen LogP contribution in [0.15, 0.2) is 59.5 Å². The van der Waals surface area contributed by atoms with Gasteiger partial charge in [0.1, 0.15) is 34.2 Å². The van der Waals surface area contributed by atoms with Gasteiger partial charge in [0.2, 0.25) is 0 Å². The van der Waals surface area contributed by atoms with Gasteiger partial charge in [0.25, 0.3) is 11.2 Å². The van der Waals surface area contributed by atoms with Gasteiger partial charge in [0.15, 0.2) is 0 Å². The van der Waals surface area contributed by atoms with E-state index in [1.807, 2.05) is 0 Å². The van der Waals surface area contributed by atoms with Crippen LogP contribution in [0.3, 0.4) is 0 Å². The minimum absolute atomic E-state index is 0.0415. The summed E-state index contributed by atoms with van der Waals surface area (Å²) >= 11 is 0. The van der Waals surface area contributed by atoms with E-state index < -0.39 is 28.0 Å². The predicted molar refractivity (Wildman–Crippen MR) is 125 cm³/mol. The molecular formula is C24H24FN3O6. The molecule has 0 aliphatic heterocycles. The first kappa shape index (κ1) is 24.4. The predicted octanol–water partition coefficient (Wildman–Crippen LogP) is 5.26. The number of nitro benzene ring substituents is 1. The number of hydrogen-bond acceptors (Lipinski definition) is 6. The Labute approximate surface area is 195 Å². The van der Waals surface area contributed by atoms with Gasteiger partial charge < -0.3 is 14.0 Å². The minimum Gasteiger partial charge on any atom is -0.456 e. The van der Waals surface area contributed by atoms with Crippen molar-refractivity contribution in [2.45, 2.75) is 26.4 Å². The molecule has 0 unspecified atom stereocenters. The second-order valence-corrected chi connectivity index (χ2v) is 8.53. The van der Waals surface area contributed by atoms with Crippen LogP contribution in [0.5, 0.6) is 11.5 Å². The van der Waals surface area contributed by atoms with Gasteiger partial charge in [-0.25, -0.2) is 9.18 Å². The first-order chi connectivity index (χ1) is 15.9. The maximum atomic E-state index is 13.3. The molecule has 9 nitrogen and oxygen atoms in total. The van der Waals surface area contributed by atoms with Gasteiger partial charge in [0.05, 0.1) is 4.92 Å². The summed E-state index contributed by atoms with van der Waals surface area (Å²) in [6, 6.07) is 10.8. The molecule has 0 aliphatic carbocycles. The van der Waals surface area contributed by atoms with E-state index in [-0.39, 0.29) is 34.0 Å². The zero-order valence-corrected chi connectivity index (χ0v) is 19.4. The average Bonchev–Trinajstić information content (AvgIpc) is 2.75. The van der Waals surface area contributed by atoms with E-state index in [1.54, 1.807) is 20.8 Å². The van der Waals surface area contributed by atoms with Crippen molar-refractivity contribution in [1.29, 1.82) is 0 Å². The van der Waals surface area contributed by atoms with Crippen molar-refractivity contribution in [1.82, 2.24) is 4.57 Å². The van der Waals surface area contributed by atoms with Crippen LogP contribution in [0, 0.1) is 15.9 Å². The quantitative estimate of drug-likeness (QED) is 0.373. The number of carbonyl (C=O) groups excluding carboxylic acids is 1. The highest BCUT2D eigenvalue weighted by atomic mass is 19.1. The summed E-state index contributed by atoms with van der Waals surface area (Å²) in [5.41, 5.74) is -1.26. The first-order valence-corrected chi connectivity index (χ1v) is 10.3. The lowest BCUT2D eigenvalue weighted by Crippen LogP contribution is -2.37. The Morgan fingerprint density at radius 1 is 1.15 bits per heavy atom. The minimum atomic E-state index is -0.789. The Morgan fingerprint density at radius 3 is 2.38 bits per heavy atom. The second kappa shape index (κ2) is 9.34. The molecule has 0 radical (unpaired) electrons. The molecule has 0 atom stereocenters. The van der Waals surface area contributed by atoms with Crippen molar-refractivity contribution < 1.29 is 23.6 Å². The fourth-order valence-corrected chi connectivity index (χ4v) is 3.18. The molecule has 0 fully saturated rings. The summed E-state index contributed by atoms with van der Waals surface area (Å²) in [5.74, 6) is -0.0797. The molecule has 0 N–H and O–H groups in total. The zero-order valence-electron chi connectivity index (χ0n) is 19.4. The fourth-order valence-electron chi connectivity index (χ4n) is 3.18. The largest absolute Gasteiger partial charge is 0.456 e. The summed E-state index contributed by atoms with van der Waals surface area (Å²) in [4.78, 5) is 37.7. The Balaban J connectivity index is 2.17. The molecule has 10 heteroatoms. The first-order valence-electron chi connectivity index (χ1n) is 10.3. The van der Waals surface area contributed by atoms with Crippen LogP contribution in [0.4, 0.5) is 20.6 Å². The van der Waals surface area contributed by atoms with E-state index in [1.165, 1.54) is 73.4 Å². The van der Waals surface area contributed by atoms with Crippen LogP contribution in [0.2, 0.25) is 0 Å². The normalized spacial score (nSPS) is 11.1. The molecule has 34 heavy (non-hydrogen) atoms. The van der Waals surface area contributed by atoms with Gasteiger partial charge in [-0.2, -0.15) is 0 Å². The Hall–Kier alpha value is -4.21. The number of hydrogen-bond donors (Lipinski definition) is 0. The number of halogens is 1. The van der Waals surface area contributed by atoms with Gasteiger partial charge in [-0.3, -0.25) is 19.8 Å². The molecule has 0 bridgehead atoms. The third-order valence-corrected chi connectivity index (χ3v) is 4.72. The molecule has 2 aromatic carbocycles. The van der Waals surface area contributed by atoms with Crippen molar-refractivity contribution in [3.8, 4) is 22.6 Å². The van der Waals surface area contributed by atoms with Crippen molar-refractivity contribution >= 4 is 17.5 Å². The van der Waals surface area contributed by atoms with E-state index >= 15 is 0 Å². The maximum absolute atomic E-state index is 13.3. The van der Waals surface area contributed by atoms with Gasteiger partial charge in [0, 0.05) is 31.9 Å². The van der Waals surface area contributed by atoms with Crippen LogP contribution >= 0.6 is 0 Å². The van der Waals surface area contributed by atoms with Crippen molar-refractivity contribution in [3.05, 3.63) is 81.0 Å². The summed E-state index contributed by atoms with van der Waals surface area (Å²) in [5, 5.41) is 11.8. The van der Waals surface area contributed by atoms with Crippen molar-refractivity contribution in [2.75, 3.05) is 11.9 Å². The van der Waals surface area contributed by atoms with Gasteiger partial charge >= 0.3 is 6.09 Å². The number of pyridine rings is 1. The number of carbonyl (C=O) groups is 1. The van der Waals surface area contributed by atoms with E-state index in [9.17, 15) is 24.1 Å². The van der Waals surface area contributed by atoms with Gasteiger partial charge in [-0.15, -0.1) is 0 Å². The van der Waals surface area contributed by atoms with Crippen LogP contribution < -0.4 is 15.2 Å².